The van der Waals surface area contributed by atoms with Crippen LogP contribution >= 0.6 is 11.6 Å². The maximum absolute atomic E-state index is 14.1. The van der Waals surface area contributed by atoms with Crippen molar-refractivity contribution in [2.24, 2.45) is 0 Å². The van der Waals surface area contributed by atoms with Crippen LogP contribution in [0.25, 0.3) is 27.9 Å². The van der Waals surface area contributed by atoms with Gasteiger partial charge in [-0.15, -0.1) is 10.2 Å². The van der Waals surface area contributed by atoms with Crippen molar-refractivity contribution in [3.8, 4) is 22.3 Å². The third kappa shape index (κ3) is 4.13. The lowest BCUT2D eigenvalue weighted by Crippen LogP contribution is -2.30. The van der Waals surface area contributed by atoms with Crippen LogP contribution in [0.15, 0.2) is 65.7 Å². The third-order valence-corrected chi connectivity index (χ3v) is 6.12. The summed E-state index contributed by atoms with van der Waals surface area (Å²) in [5, 5.41) is 9.06. The van der Waals surface area contributed by atoms with Gasteiger partial charge in [0.05, 0.1) is 12.1 Å². The van der Waals surface area contributed by atoms with Crippen LogP contribution in [0, 0.1) is 13.8 Å². The van der Waals surface area contributed by atoms with E-state index in [0.29, 0.717) is 44.3 Å². The quantitative estimate of drug-likeness (QED) is 0.325. The predicted octanol–water partition coefficient (Wildman–Crippen LogP) is 5.35. The van der Waals surface area contributed by atoms with Crippen LogP contribution in [-0.2, 0) is 12.7 Å². The molecule has 182 valence electrons. The summed E-state index contributed by atoms with van der Waals surface area (Å²) in [6, 6.07) is 12.6. The summed E-state index contributed by atoms with van der Waals surface area (Å²) in [7, 11) is 0. The fraction of sp³-hybridized carbons (Fsp3) is 0.160. The molecular formula is C25H18ClF3N6O. The average Bonchev–Trinajstić information content (AvgIpc) is 3.23. The number of rotatable bonds is 4. The summed E-state index contributed by atoms with van der Waals surface area (Å²) in [5.74, 6) is 0.442. The lowest BCUT2D eigenvalue weighted by atomic mass is 9.97. The number of aryl methyl sites for hydroxylation is 2. The van der Waals surface area contributed by atoms with Gasteiger partial charge in [0.15, 0.2) is 5.65 Å². The molecule has 11 heteroatoms. The van der Waals surface area contributed by atoms with Gasteiger partial charge in [0, 0.05) is 28.7 Å². The van der Waals surface area contributed by atoms with Crippen molar-refractivity contribution < 1.29 is 13.2 Å². The molecule has 5 rings (SSSR count). The van der Waals surface area contributed by atoms with E-state index in [1.165, 1.54) is 17.7 Å². The smallest absolute Gasteiger partial charge is 0.267 e. The first-order valence-corrected chi connectivity index (χ1v) is 11.2. The summed E-state index contributed by atoms with van der Waals surface area (Å²) < 4.78 is 42.4. The van der Waals surface area contributed by atoms with Gasteiger partial charge in [0.1, 0.15) is 11.5 Å². The molecule has 1 aromatic carbocycles. The number of alkyl halides is 3. The van der Waals surface area contributed by atoms with E-state index >= 15 is 0 Å². The Labute approximate surface area is 207 Å². The summed E-state index contributed by atoms with van der Waals surface area (Å²) in [6.07, 6.45) is -1.33. The Morgan fingerprint density at radius 1 is 0.889 bits per heavy atom. The Balaban J connectivity index is 1.80. The van der Waals surface area contributed by atoms with Crippen LogP contribution < -0.4 is 5.56 Å². The standard InChI is InChI=1S/C25H18ClF3N6O/c1-14-18(5-8-20(31-14)25(27,28)29)13-34-24(36)22(16-3-6-19(26)7-4-16)21(17-9-11-30-12-10-17)23-33-32-15(2)35(23)34/h3-12H,13H2,1-2H3. The molecule has 7 nitrogen and oxygen atoms in total. The number of aromatic nitrogens is 6. The SMILES string of the molecule is Cc1nc(C(F)(F)F)ccc1Cn1c(=O)c(-c2ccc(Cl)cc2)c(-c2ccncc2)c2nnc(C)n21. The molecule has 36 heavy (non-hydrogen) atoms. The Morgan fingerprint density at radius 2 is 1.56 bits per heavy atom. The second-order valence-corrected chi connectivity index (χ2v) is 8.61. The Hall–Kier alpha value is -4.05. The van der Waals surface area contributed by atoms with Crippen LogP contribution in [0.4, 0.5) is 13.2 Å². The van der Waals surface area contributed by atoms with Gasteiger partial charge in [0.25, 0.3) is 5.56 Å². The maximum atomic E-state index is 14.1. The van der Waals surface area contributed by atoms with Gasteiger partial charge in [0.2, 0.25) is 0 Å². The number of fused-ring (bicyclic) bond motifs is 1. The highest BCUT2D eigenvalue weighted by molar-refractivity contribution is 6.30. The van der Waals surface area contributed by atoms with Crippen LogP contribution in [-0.4, -0.2) is 29.4 Å². The van der Waals surface area contributed by atoms with Gasteiger partial charge in [-0.1, -0.05) is 29.8 Å². The Bertz CT molecular complexity index is 1640. The summed E-state index contributed by atoms with van der Waals surface area (Å²) in [4.78, 5) is 21.9. The summed E-state index contributed by atoms with van der Waals surface area (Å²) in [5.41, 5.74) is 1.91. The van der Waals surface area contributed by atoms with Gasteiger partial charge in [-0.05, 0) is 60.9 Å². The van der Waals surface area contributed by atoms with Crippen molar-refractivity contribution in [1.29, 1.82) is 0 Å². The number of nitrogens with zero attached hydrogens (tertiary/aromatic N) is 6. The number of hydrogen-bond donors (Lipinski definition) is 0. The fourth-order valence-electron chi connectivity index (χ4n) is 4.14. The molecule has 0 radical (unpaired) electrons. The number of halogens is 4. The lowest BCUT2D eigenvalue weighted by Gasteiger charge is -2.18. The summed E-state index contributed by atoms with van der Waals surface area (Å²) >= 11 is 6.09. The van der Waals surface area contributed by atoms with Crippen molar-refractivity contribution >= 4 is 17.2 Å². The summed E-state index contributed by atoms with van der Waals surface area (Å²) in [6.45, 7) is 3.14. The monoisotopic (exact) mass is 510 g/mol. The largest absolute Gasteiger partial charge is 0.433 e. The first-order valence-electron chi connectivity index (χ1n) is 10.8. The van der Waals surface area contributed by atoms with Crippen LogP contribution in [0.3, 0.4) is 0 Å². The second-order valence-electron chi connectivity index (χ2n) is 8.18. The topological polar surface area (TPSA) is 78.0 Å². The molecule has 0 unspecified atom stereocenters. The maximum Gasteiger partial charge on any atom is 0.433 e. The number of pyridine rings is 2. The normalized spacial score (nSPS) is 11.8. The molecule has 0 spiro atoms. The van der Waals surface area contributed by atoms with Gasteiger partial charge < -0.3 is 0 Å². The van der Waals surface area contributed by atoms with E-state index in [4.69, 9.17) is 11.6 Å². The second kappa shape index (κ2) is 8.87. The van der Waals surface area contributed by atoms with E-state index in [1.807, 2.05) is 0 Å². The predicted molar refractivity (Wildman–Crippen MR) is 129 cm³/mol. The van der Waals surface area contributed by atoms with Crippen LogP contribution in [0.1, 0.15) is 22.8 Å². The van der Waals surface area contributed by atoms with Crippen molar-refractivity contribution in [3.63, 3.8) is 0 Å². The zero-order valence-corrected chi connectivity index (χ0v) is 19.8. The molecule has 0 amide bonds. The van der Waals surface area contributed by atoms with Crippen molar-refractivity contribution in [2.75, 3.05) is 0 Å². The molecule has 0 saturated carbocycles. The Kier molecular flexibility index (Phi) is 5.83. The van der Waals surface area contributed by atoms with E-state index in [2.05, 4.69) is 20.2 Å². The van der Waals surface area contributed by atoms with Gasteiger partial charge >= 0.3 is 6.18 Å². The molecule has 0 fully saturated rings. The molecule has 4 aromatic heterocycles. The average molecular weight is 511 g/mol. The molecule has 0 bridgehead atoms. The number of benzene rings is 1. The molecule has 0 aliphatic heterocycles. The lowest BCUT2D eigenvalue weighted by molar-refractivity contribution is -0.141. The molecule has 0 atom stereocenters. The van der Waals surface area contributed by atoms with Gasteiger partial charge in [-0.25, -0.2) is 14.2 Å². The third-order valence-electron chi connectivity index (χ3n) is 5.87. The molecule has 5 aromatic rings. The zero-order chi connectivity index (χ0) is 25.6. The van der Waals surface area contributed by atoms with E-state index in [1.54, 1.807) is 60.2 Å². The minimum absolute atomic E-state index is 0.0393. The van der Waals surface area contributed by atoms with Gasteiger partial charge in [-0.2, -0.15) is 13.2 Å². The highest BCUT2D eigenvalue weighted by Gasteiger charge is 2.33. The van der Waals surface area contributed by atoms with Crippen LogP contribution in [0.2, 0.25) is 5.02 Å². The highest BCUT2D eigenvalue weighted by Crippen LogP contribution is 2.33. The molecule has 4 heterocycles. The van der Waals surface area contributed by atoms with Crippen molar-refractivity contribution in [3.05, 3.63) is 99.1 Å². The molecule has 0 saturated heterocycles. The van der Waals surface area contributed by atoms with Gasteiger partial charge in [-0.3, -0.25) is 9.78 Å². The van der Waals surface area contributed by atoms with Crippen molar-refractivity contribution in [1.82, 2.24) is 29.4 Å². The number of hydrogen-bond acceptors (Lipinski definition) is 5. The minimum atomic E-state index is -4.56. The first kappa shape index (κ1) is 23.7. The molecule has 0 N–H and O–H groups in total. The Morgan fingerprint density at radius 3 is 2.19 bits per heavy atom. The van der Waals surface area contributed by atoms with E-state index < -0.39 is 11.9 Å². The first-order chi connectivity index (χ1) is 17.1. The molecular weight excluding hydrogens is 493 g/mol. The fourth-order valence-corrected chi connectivity index (χ4v) is 4.26. The molecule has 0 aliphatic rings. The minimum Gasteiger partial charge on any atom is -0.267 e. The van der Waals surface area contributed by atoms with Crippen molar-refractivity contribution in [2.45, 2.75) is 26.6 Å². The van der Waals surface area contributed by atoms with E-state index in [-0.39, 0.29) is 17.8 Å². The van der Waals surface area contributed by atoms with Crippen LogP contribution in [0.5, 0.6) is 0 Å². The molecule has 0 aliphatic carbocycles. The highest BCUT2D eigenvalue weighted by atomic mass is 35.5. The van der Waals surface area contributed by atoms with E-state index in [0.717, 1.165) is 6.07 Å². The zero-order valence-electron chi connectivity index (χ0n) is 19.1. The van der Waals surface area contributed by atoms with E-state index in [9.17, 15) is 18.0 Å².